The van der Waals surface area contributed by atoms with Crippen LogP contribution in [-0.2, 0) is 0 Å². The van der Waals surface area contributed by atoms with E-state index in [1.54, 1.807) is 11.4 Å². The molecule has 3 nitrogen and oxygen atoms in total. The van der Waals surface area contributed by atoms with Gasteiger partial charge in [-0.1, -0.05) is 6.92 Å². The van der Waals surface area contributed by atoms with Crippen molar-refractivity contribution in [1.29, 1.82) is 0 Å². The first-order chi connectivity index (χ1) is 7.24. The van der Waals surface area contributed by atoms with E-state index in [-0.39, 0.29) is 0 Å². The molecule has 1 heterocycles. The Morgan fingerprint density at radius 3 is 3.07 bits per heavy atom. The van der Waals surface area contributed by atoms with Gasteiger partial charge in [0.25, 0.3) is 0 Å². The molecule has 0 fully saturated rings. The lowest BCUT2D eigenvalue weighted by atomic mass is 10.4. The lowest BCUT2D eigenvalue weighted by molar-refractivity contribution is 0.0702. The van der Waals surface area contributed by atoms with E-state index in [0.29, 0.717) is 17.2 Å². The molecule has 0 radical (unpaired) electrons. The molecule has 0 spiro atoms. The van der Waals surface area contributed by atoms with Crippen molar-refractivity contribution in [3.05, 3.63) is 16.3 Å². The molecule has 0 aliphatic carbocycles. The fourth-order valence-corrected chi connectivity index (χ4v) is 2.28. The maximum absolute atomic E-state index is 10.6. The Balaban J connectivity index is 2.23. The monoisotopic (exact) mass is 246 g/mol. The minimum absolute atomic E-state index is 0.327. The minimum Gasteiger partial charge on any atom is -0.493 e. The molecule has 1 rings (SSSR count). The topological polar surface area (TPSA) is 46.5 Å². The second-order valence-electron chi connectivity index (χ2n) is 2.85. The number of thiophene rings is 1. The van der Waals surface area contributed by atoms with E-state index in [1.165, 1.54) is 11.3 Å². The van der Waals surface area contributed by atoms with Crippen molar-refractivity contribution in [3.8, 4) is 5.75 Å². The lowest BCUT2D eigenvalue weighted by Crippen LogP contribution is -1.98. The van der Waals surface area contributed by atoms with Crippen molar-refractivity contribution in [1.82, 2.24) is 0 Å². The summed E-state index contributed by atoms with van der Waals surface area (Å²) in [5, 5.41) is 10.4. The van der Waals surface area contributed by atoms with E-state index in [0.717, 1.165) is 17.9 Å². The van der Waals surface area contributed by atoms with Gasteiger partial charge in [0.1, 0.15) is 10.6 Å². The molecule has 1 aromatic rings. The molecule has 0 bridgehead atoms. The highest BCUT2D eigenvalue weighted by atomic mass is 32.2. The Hall–Kier alpha value is -0.680. The van der Waals surface area contributed by atoms with Gasteiger partial charge >= 0.3 is 5.97 Å². The van der Waals surface area contributed by atoms with E-state index < -0.39 is 5.97 Å². The van der Waals surface area contributed by atoms with Gasteiger partial charge in [-0.3, -0.25) is 0 Å². The molecule has 0 saturated carbocycles. The van der Waals surface area contributed by atoms with Gasteiger partial charge in [-0.25, -0.2) is 4.79 Å². The Morgan fingerprint density at radius 2 is 2.47 bits per heavy atom. The number of aromatic carboxylic acids is 1. The Morgan fingerprint density at radius 1 is 1.67 bits per heavy atom. The van der Waals surface area contributed by atoms with Crippen LogP contribution in [0, 0.1) is 0 Å². The summed E-state index contributed by atoms with van der Waals surface area (Å²) in [4.78, 5) is 10.9. The predicted molar refractivity (Wildman–Crippen MR) is 64.4 cm³/mol. The second kappa shape index (κ2) is 6.74. The van der Waals surface area contributed by atoms with Crippen molar-refractivity contribution < 1.29 is 14.6 Å². The summed E-state index contributed by atoms with van der Waals surface area (Å²) in [6, 6.07) is 1.57. The molecular weight excluding hydrogens is 232 g/mol. The van der Waals surface area contributed by atoms with Crippen LogP contribution in [0.15, 0.2) is 11.4 Å². The normalized spacial score (nSPS) is 10.2. The van der Waals surface area contributed by atoms with Gasteiger partial charge < -0.3 is 9.84 Å². The van der Waals surface area contributed by atoms with E-state index in [9.17, 15) is 4.79 Å². The highest BCUT2D eigenvalue weighted by Gasteiger charge is 2.06. The van der Waals surface area contributed by atoms with Crippen molar-refractivity contribution in [2.75, 3.05) is 18.1 Å². The van der Waals surface area contributed by atoms with Crippen molar-refractivity contribution in [2.24, 2.45) is 0 Å². The largest absolute Gasteiger partial charge is 0.493 e. The molecule has 0 unspecified atom stereocenters. The fraction of sp³-hybridized carbons (Fsp3) is 0.500. The third-order valence-corrected chi connectivity index (χ3v) is 3.57. The van der Waals surface area contributed by atoms with Crippen molar-refractivity contribution in [3.63, 3.8) is 0 Å². The number of hydrogen-bond acceptors (Lipinski definition) is 4. The molecule has 0 atom stereocenters. The van der Waals surface area contributed by atoms with Crippen LogP contribution in [0.4, 0.5) is 0 Å². The summed E-state index contributed by atoms with van der Waals surface area (Å²) in [6.07, 6.45) is 0.997. The maximum Gasteiger partial charge on any atom is 0.346 e. The van der Waals surface area contributed by atoms with Crippen LogP contribution in [-0.4, -0.2) is 29.2 Å². The molecule has 0 aliphatic heterocycles. The van der Waals surface area contributed by atoms with Gasteiger partial charge in [-0.2, -0.15) is 11.8 Å². The Bertz CT molecular complexity index is 309. The third kappa shape index (κ3) is 4.57. The molecule has 0 amide bonds. The summed E-state index contributed by atoms with van der Waals surface area (Å²) in [5.41, 5.74) is 0. The van der Waals surface area contributed by atoms with Crippen LogP contribution in [0.1, 0.15) is 23.0 Å². The van der Waals surface area contributed by atoms with Gasteiger partial charge in [0.2, 0.25) is 0 Å². The van der Waals surface area contributed by atoms with Crippen molar-refractivity contribution >= 4 is 29.1 Å². The highest BCUT2D eigenvalue weighted by molar-refractivity contribution is 7.99. The molecule has 1 aromatic heterocycles. The maximum atomic E-state index is 10.6. The predicted octanol–water partition coefficient (Wildman–Crippen LogP) is 2.97. The van der Waals surface area contributed by atoms with Gasteiger partial charge in [0, 0.05) is 11.4 Å². The fourth-order valence-electron chi connectivity index (χ4n) is 1.00. The van der Waals surface area contributed by atoms with E-state index in [4.69, 9.17) is 9.84 Å². The number of carboxylic acids is 1. The first-order valence-electron chi connectivity index (χ1n) is 4.76. The number of ether oxygens (including phenoxy) is 1. The first kappa shape index (κ1) is 12.4. The van der Waals surface area contributed by atoms with Gasteiger partial charge in [-0.05, 0) is 17.9 Å². The average molecular weight is 246 g/mol. The number of thioether (sulfide) groups is 1. The zero-order chi connectivity index (χ0) is 11.1. The second-order valence-corrected chi connectivity index (χ2v) is 5.16. The first-order valence-corrected chi connectivity index (χ1v) is 6.80. The number of carbonyl (C=O) groups is 1. The summed E-state index contributed by atoms with van der Waals surface area (Å²) < 4.78 is 5.42. The zero-order valence-electron chi connectivity index (χ0n) is 8.56. The number of carboxylic acid groups (broad SMARTS) is 1. The van der Waals surface area contributed by atoms with Crippen LogP contribution < -0.4 is 4.74 Å². The molecular formula is C10H14O3S2. The van der Waals surface area contributed by atoms with E-state index in [1.807, 2.05) is 11.8 Å². The van der Waals surface area contributed by atoms with Gasteiger partial charge in [0.05, 0.1) is 6.61 Å². The van der Waals surface area contributed by atoms with E-state index >= 15 is 0 Å². The lowest BCUT2D eigenvalue weighted by Gasteiger charge is -2.02. The smallest absolute Gasteiger partial charge is 0.346 e. The molecule has 1 N–H and O–H groups in total. The summed E-state index contributed by atoms with van der Waals surface area (Å²) >= 11 is 3.08. The summed E-state index contributed by atoms with van der Waals surface area (Å²) in [5.74, 6) is 1.99. The Labute approximate surface area is 97.5 Å². The molecule has 84 valence electrons. The SMILES string of the molecule is CCSCCCOc1csc(C(=O)O)c1. The van der Waals surface area contributed by atoms with Crippen LogP contribution >= 0.6 is 23.1 Å². The van der Waals surface area contributed by atoms with Crippen LogP contribution in [0.25, 0.3) is 0 Å². The standard InChI is InChI=1S/C10H14O3S2/c1-2-14-5-3-4-13-8-6-9(10(11)12)15-7-8/h6-7H,2-5H2,1H3,(H,11,12). The van der Waals surface area contributed by atoms with Crippen LogP contribution in [0.5, 0.6) is 5.75 Å². The zero-order valence-corrected chi connectivity index (χ0v) is 10.2. The average Bonchev–Trinajstić information content (AvgIpc) is 2.66. The summed E-state index contributed by atoms with van der Waals surface area (Å²) in [6.45, 7) is 2.78. The third-order valence-electron chi connectivity index (χ3n) is 1.69. The molecule has 0 aromatic carbocycles. The van der Waals surface area contributed by atoms with E-state index in [2.05, 4.69) is 6.92 Å². The molecule has 5 heteroatoms. The minimum atomic E-state index is -0.892. The Kier molecular flexibility index (Phi) is 5.57. The molecule has 15 heavy (non-hydrogen) atoms. The number of hydrogen-bond donors (Lipinski definition) is 1. The van der Waals surface area contributed by atoms with Gasteiger partial charge in [0.15, 0.2) is 0 Å². The molecule has 0 aliphatic rings. The highest BCUT2D eigenvalue weighted by Crippen LogP contribution is 2.21. The van der Waals surface area contributed by atoms with Gasteiger partial charge in [-0.15, -0.1) is 11.3 Å². The number of rotatable bonds is 7. The van der Waals surface area contributed by atoms with Crippen LogP contribution in [0.2, 0.25) is 0 Å². The van der Waals surface area contributed by atoms with Crippen LogP contribution in [0.3, 0.4) is 0 Å². The molecule has 0 saturated heterocycles. The van der Waals surface area contributed by atoms with Crippen molar-refractivity contribution in [2.45, 2.75) is 13.3 Å². The quantitative estimate of drug-likeness (QED) is 0.751. The summed E-state index contributed by atoms with van der Waals surface area (Å²) in [7, 11) is 0.